The van der Waals surface area contributed by atoms with Gasteiger partial charge in [-0.1, -0.05) is 20.8 Å². The van der Waals surface area contributed by atoms with Crippen LogP contribution in [0, 0.1) is 5.41 Å². The third-order valence-electron chi connectivity index (χ3n) is 1.52. The zero-order valence-electron chi connectivity index (χ0n) is 10.9. The molecule has 0 spiro atoms. The van der Waals surface area contributed by atoms with Gasteiger partial charge in [-0.3, -0.25) is 4.79 Å². The lowest BCUT2D eigenvalue weighted by atomic mass is 9.96. The minimum atomic E-state index is -0.518. The molecule has 0 bridgehead atoms. The maximum Gasteiger partial charge on any atom is 0.332 e. The van der Waals surface area contributed by atoms with Crippen molar-refractivity contribution in [3.63, 3.8) is 0 Å². The van der Waals surface area contributed by atoms with E-state index in [1.54, 1.807) is 41.5 Å². The van der Waals surface area contributed by atoms with Gasteiger partial charge in [0.05, 0.1) is 0 Å². The van der Waals surface area contributed by atoms with E-state index in [9.17, 15) is 9.59 Å². The molecule has 4 nitrogen and oxygen atoms in total. The fourth-order valence-electron chi connectivity index (χ4n) is 0.738. The summed E-state index contributed by atoms with van der Waals surface area (Å²) in [5.74, 6) is -0.617. The van der Waals surface area contributed by atoms with Crippen LogP contribution in [0.5, 0.6) is 0 Å². The third-order valence-corrected chi connectivity index (χ3v) is 1.52. The Hall–Kier alpha value is -1.32. The quantitative estimate of drug-likeness (QED) is 0.580. The van der Waals surface area contributed by atoms with E-state index in [1.165, 1.54) is 12.3 Å². The van der Waals surface area contributed by atoms with Crippen LogP contribution in [0.25, 0.3) is 0 Å². The van der Waals surface area contributed by atoms with Crippen molar-refractivity contribution in [2.75, 3.05) is 0 Å². The fraction of sp³-hybridized carbons (Fsp3) is 0.667. The summed E-state index contributed by atoms with van der Waals surface area (Å²) in [6.07, 6.45) is 2.51. The van der Waals surface area contributed by atoms with E-state index in [0.717, 1.165) is 0 Å². The van der Waals surface area contributed by atoms with Crippen molar-refractivity contribution < 1.29 is 14.3 Å². The lowest BCUT2D eigenvalue weighted by Gasteiger charge is -2.18. The summed E-state index contributed by atoms with van der Waals surface area (Å²) in [6.45, 7) is 10.7. The highest BCUT2D eigenvalue weighted by Crippen LogP contribution is 2.12. The van der Waals surface area contributed by atoms with Gasteiger partial charge in [0.25, 0.3) is 0 Å². The Bertz CT molecular complexity index is 292. The minimum Gasteiger partial charge on any atom is -0.457 e. The van der Waals surface area contributed by atoms with E-state index in [2.05, 4.69) is 5.32 Å². The summed E-state index contributed by atoms with van der Waals surface area (Å²) in [4.78, 5) is 22.6. The number of esters is 1. The summed E-state index contributed by atoms with van der Waals surface area (Å²) in [5, 5.41) is 2.52. The smallest absolute Gasteiger partial charge is 0.332 e. The van der Waals surface area contributed by atoms with Gasteiger partial charge in [-0.15, -0.1) is 0 Å². The molecule has 0 aromatic rings. The monoisotopic (exact) mass is 227 g/mol. The molecule has 92 valence electrons. The molecule has 1 amide bonds. The zero-order valence-corrected chi connectivity index (χ0v) is 10.9. The van der Waals surface area contributed by atoms with Crippen LogP contribution in [0.15, 0.2) is 12.3 Å². The second-order valence-corrected chi connectivity index (χ2v) is 5.59. The first kappa shape index (κ1) is 14.7. The lowest BCUT2D eigenvalue weighted by Crippen LogP contribution is -2.31. The molecule has 0 fully saturated rings. The summed E-state index contributed by atoms with van der Waals surface area (Å²) < 4.78 is 5.03. The maximum absolute atomic E-state index is 11.4. The first-order chi connectivity index (χ1) is 7.02. The molecule has 0 aliphatic carbocycles. The van der Waals surface area contributed by atoms with Crippen LogP contribution in [0.4, 0.5) is 0 Å². The minimum absolute atomic E-state index is 0.146. The molecule has 0 aliphatic heterocycles. The van der Waals surface area contributed by atoms with Gasteiger partial charge in [0.2, 0.25) is 5.91 Å². The van der Waals surface area contributed by atoms with Crippen molar-refractivity contribution in [1.29, 1.82) is 0 Å². The van der Waals surface area contributed by atoms with Crippen LogP contribution in [0.3, 0.4) is 0 Å². The molecule has 0 unspecified atom stereocenters. The Labute approximate surface area is 97.1 Å². The molecule has 1 N–H and O–H groups in total. The molecule has 4 heteroatoms. The molecule has 16 heavy (non-hydrogen) atoms. The highest BCUT2D eigenvalue weighted by atomic mass is 16.6. The molecule has 0 aliphatic rings. The Kier molecular flexibility index (Phi) is 4.72. The van der Waals surface area contributed by atoms with Crippen molar-refractivity contribution in [3.05, 3.63) is 12.3 Å². The predicted molar refractivity (Wildman–Crippen MR) is 62.6 cm³/mol. The summed E-state index contributed by atoms with van der Waals surface area (Å²) in [7, 11) is 0. The SMILES string of the molecule is CC(C)(C)OC(=O)/C=C/NC(=O)C(C)(C)C. The van der Waals surface area contributed by atoms with Gasteiger partial charge in [0.1, 0.15) is 5.60 Å². The van der Waals surface area contributed by atoms with E-state index < -0.39 is 17.0 Å². The van der Waals surface area contributed by atoms with Gasteiger partial charge >= 0.3 is 5.97 Å². The van der Waals surface area contributed by atoms with Crippen molar-refractivity contribution in [3.8, 4) is 0 Å². The second-order valence-electron chi connectivity index (χ2n) is 5.59. The molecule has 0 aromatic heterocycles. The number of ether oxygens (including phenoxy) is 1. The maximum atomic E-state index is 11.4. The highest BCUT2D eigenvalue weighted by Gasteiger charge is 2.20. The Morgan fingerprint density at radius 3 is 1.94 bits per heavy atom. The average Bonchev–Trinajstić information content (AvgIpc) is 1.98. The van der Waals surface area contributed by atoms with Crippen molar-refractivity contribution >= 4 is 11.9 Å². The number of carbonyl (C=O) groups excluding carboxylic acids is 2. The standard InChI is InChI=1S/C12H21NO3/c1-11(2,3)10(15)13-8-7-9(14)16-12(4,5)6/h7-8H,1-6H3,(H,13,15)/b8-7+. The normalized spacial score (nSPS) is 12.6. The number of amides is 1. The topological polar surface area (TPSA) is 55.4 Å². The fourth-order valence-corrected chi connectivity index (χ4v) is 0.738. The molecular weight excluding hydrogens is 206 g/mol. The molecule has 0 rings (SSSR count). The van der Waals surface area contributed by atoms with Gasteiger partial charge in [-0.25, -0.2) is 4.79 Å². The predicted octanol–water partition coefficient (Wildman–Crippen LogP) is 2.00. The Balaban J connectivity index is 4.13. The van der Waals surface area contributed by atoms with Gasteiger partial charge < -0.3 is 10.1 Å². The van der Waals surface area contributed by atoms with Gasteiger partial charge in [0.15, 0.2) is 0 Å². The van der Waals surface area contributed by atoms with Gasteiger partial charge in [0, 0.05) is 17.7 Å². The van der Waals surface area contributed by atoms with Gasteiger partial charge in [-0.2, -0.15) is 0 Å². The van der Waals surface area contributed by atoms with Crippen LogP contribution in [0.2, 0.25) is 0 Å². The molecule has 0 radical (unpaired) electrons. The van der Waals surface area contributed by atoms with Crippen molar-refractivity contribution in [1.82, 2.24) is 5.32 Å². The van der Waals surface area contributed by atoms with E-state index in [-0.39, 0.29) is 5.91 Å². The van der Waals surface area contributed by atoms with E-state index in [0.29, 0.717) is 0 Å². The summed E-state index contributed by atoms with van der Waals surface area (Å²) >= 11 is 0. The number of rotatable bonds is 2. The van der Waals surface area contributed by atoms with Gasteiger partial charge in [-0.05, 0) is 20.8 Å². The average molecular weight is 227 g/mol. The summed E-state index contributed by atoms with van der Waals surface area (Å²) in [5.41, 5.74) is -0.992. The van der Waals surface area contributed by atoms with Crippen molar-refractivity contribution in [2.45, 2.75) is 47.1 Å². The van der Waals surface area contributed by atoms with Crippen LogP contribution >= 0.6 is 0 Å². The second kappa shape index (κ2) is 5.14. The van der Waals surface area contributed by atoms with E-state index >= 15 is 0 Å². The van der Waals surface area contributed by atoms with Crippen LogP contribution in [-0.4, -0.2) is 17.5 Å². The molecule has 0 saturated heterocycles. The highest BCUT2D eigenvalue weighted by molar-refractivity contribution is 5.85. The number of hydrogen-bond donors (Lipinski definition) is 1. The Morgan fingerprint density at radius 1 is 1.06 bits per heavy atom. The number of nitrogens with one attached hydrogen (secondary N) is 1. The van der Waals surface area contributed by atoms with Crippen LogP contribution < -0.4 is 5.32 Å². The number of hydrogen-bond acceptors (Lipinski definition) is 3. The van der Waals surface area contributed by atoms with Crippen LogP contribution in [0.1, 0.15) is 41.5 Å². The Morgan fingerprint density at radius 2 is 1.56 bits per heavy atom. The van der Waals surface area contributed by atoms with E-state index in [1.807, 2.05) is 0 Å². The number of carbonyl (C=O) groups is 2. The largest absolute Gasteiger partial charge is 0.457 e. The van der Waals surface area contributed by atoms with Crippen molar-refractivity contribution in [2.24, 2.45) is 5.41 Å². The first-order valence-electron chi connectivity index (χ1n) is 5.23. The molecule has 0 aromatic carbocycles. The lowest BCUT2D eigenvalue weighted by molar-refractivity contribution is -0.148. The molecule has 0 atom stereocenters. The molecule has 0 saturated carbocycles. The van der Waals surface area contributed by atoms with Crippen LogP contribution in [-0.2, 0) is 14.3 Å². The molecular formula is C12H21NO3. The van der Waals surface area contributed by atoms with E-state index in [4.69, 9.17) is 4.74 Å². The summed E-state index contributed by atoms with van der Waals surface area (Å²) in [6, 6.07) is 0. The zero-order chi connectivity index (χ0) is 13.0. The third kappa shape index (κ3) is 7.04. The molecule has 0 heterocycles. The first-order valence-corrected chi connectivity index (χ1v) is 5.23.